The van der Waals surface area contributed by atoms with E-state index in [1.54, 1.807) is 19.4 Å². The Kier molecular flexibility index (Phi) is 21.9. The molecule has 3 rings (SSSR count). The molecule has 0 aliphatic carbocycles. The molecule has 0 unspecified atom stereocenters. The lowest BCUT2D eigenvalue weighted by Gasteiger charge is -2.00. The molecule has 2 aromatic heterocycles. The molecule has 0 aliphatic rings. The van der Waals surface area contributed by atoms with Gasteiger partial charge in [-0.15, -0.1) is 6.42 Å². The van der Waals surface area contributed by atoms with Gasteiger partial charge in [0.25, 0.3) is 0 Å². The van der Waals surface area contributed by atoms with Crippen LogP contribution in [0.15, 0.2) is 49.1 Å². The number of para-hydroxylation sites is 1. The molecule has 0 amide bonds. The molecule has 232 valence electrons. The van der Waals surface area contributed by atoms with Crippen LogP contribution in [0.2, 0.25) is 0 Å². The molecule has 0 spiro atoms. The van der Waals surface area contributed by atoms with E-state index in [1.165, 1.54) is 0 Å². The first-order valence-electron chi connectivity index (χ1n) is 14.6. The number of pyridine rings is 1. The summed E-state index contributed by atoms with van der Waals surface area (Å²) in [5.74, 6) is 91.9. The number of hydrogen-bond acceptors (Lipinski definition) is 2. The highest BCUT2D eigenvalue weighted by Gasteiger charge is 2.04. The van der Waals surface area contributed by atoms with Crippen molar-refractivity contribution >= 4 is 11.0 Å². The molecule has 0 saturated heterocycles. The van der Waals surface area contributed by atoms with Crippen LogP contribution in [0, 0.1) is 225 Å². The van der Waals surface area contributed by atoms with Crippen molar-refractivity contribution in [1.29, 1.82) is 0 Å². The van der Waals surface area contributed by atoms with Gasteiger partial charge in [0.15, 0.2) is 0 Å². The third-order valence-electron chi connectivity index (χ3n) is 4.74. The highest BCUT2D eigenvalue weighted by atomic mass is 14.9. The fourth-order valence-electron chi connectivity index (χ4n) is 2.85. The van der Waals surface area contributed by atoms with Crippen molar-refractivity contribution in [2.45, 2.75) is 6.92 Å². The standard InChI is InChI=1S/C39H4.C12H9N3/c1-3-5-7-9-11-13-15-17-19-21-23-25-27-29-31-33-35-37-39-38-36-34-32-30-28-26-24-22-20-18-16-14-12-10-8-6-4-2;1-4-10(9-3-2-6-13-7-9)12-11(5-1)14-8-15-12/h1H,2H3;1-8H,(H,14,15). The van der Waals surface area contributed by atoms with Crippen LogP contribution in [-0.2, 0) is 0 Å². The van der Waals surface area contributed by atoms with E-state index < -0.39 is 0 Å². The maximum Gasteiger partial charge on any atom is 0.0961 e. The average Bonchev–Trinajstić information content (AvgIpc) is 3.70. The van der Waals surface area contributed by atoms with Gasteiger partial charge in [-0.2, -0.15) is 0 Å². The van der Waals surface area contributed by atoms with Crippen molar-refractivity contribution in [3.8, 4) is 237 Å². The monoisotopic (exact) mass is 667 g/mol. The molecule has 0 aliphatic heterocycles. The third-order valence-corrected chi connectivity index (χ3v) is 4.74. The number of nitrogens with one attached hydrogen (secondary N) is 1. The summed E-state index contributed by atoms with van der Waals surface area (Å²) in [6.45, 7) is 1.69. The number of aromatic amines is 1. The fraction of sp³-hybridized carbons (Fsp3) is 0.0196. The second-order valence-corrected chi connectivity index (χ2v) is 8.12. The molecule has 0 fully saturated rings. The molecule has 1 N–H and O–H groups in total. The van der Waals surface area contributed by atoms with Gasteiger partial charge in [0.05, 0.1) is 17.4 Å². The Balaban J connectivity index is 0.000000544. The number of fused-ring (bicyclic) bond motifs is 1. The number of nitrogens with zero attached hydrogens (tertiary/aromatic N) is 2. The van der Waals surface area contributed by atoms with Gasteiger partial charge >= 0.3 is 0 Å². The number of aromatic nitrogens is 3. The first kappa shape index (κ1) is 39.7. The quantitative estimate of drug-likeness (QED) is 0.405. The predicted octanol–water partition coefficient (Wildman–Crippen LogP) is 3.33. The summed E-state index contributed by atoms with van der Waals surface area (Å²) in [5.41, 5.74) is 4.25. The Labute approximate surface area is 317 Å². The number of hydrogen-bond donors (Lipinski definition) is 1. The molecule has 2 heterocycles. The molecule has 0 atom stereocenters. The minimum Gasteiger partial charge on any atom is -0.345 e. The molecular formula is C51H13N3. The average molecular weight is 668 g/mol. The fourth-order valence-corrected chi connectivity index (χ4v) is 2.85. The second-order valence-electron chi connectivity index (χ2n) is 8.12. The van der Waals surface area contributed by atoms with Crippen molar-refractivity contribution in [3.05, 3.63) is 49.1 Å². The third kappa shape index (κ3) is 20.6. The Morgan fingerprint density at radius 2 is 0.815 bits per heavy atom. The second kappa shape index (κ2) is 29.9. The molecule has 0 bridgehead atoms. The van der Waals surface area contributed by atoms with Crippen LogP contribution in [0.5, 0.6) is 0 Å². The van der Waals surface area contributed by atoms with Crippen molar-refractivity contribution in [2.75, 3.05) is 0 Å². The smallest absolute Gasteiger partial charge is 0.0961 e. The Bertz CT molecular complexity index is 3170. The zero-order valence-electron chi connectivity index (χ0n) is 28.1. The minimum absolute atomic E-state index is 0.991. The summed E-state index contributed by atoms with van der Waals surface area (Å²) < 4.78 is 0. The zero-order valence-corrected chi connectivity index (χ0v) is 28.1. The van der Waals surface area contributed by atoms with Crippen LogP contribution in [0.3, 0.4) is 0 Å². The number of terminal acetylenes is 1. The van der Waals surface area contributed by atoms with Gasteiger partial charge in [-0.05, 0) is 114 Å². The molecule has 3 heteroatoms. The van der Waals surface area contributed by atoms with E-state index in [9.17, 15) is 0 Å². The first-order chi connectivity index (χ1) is 26.9. The van der Waals surface area contributed by atoms with E-state index in [0.717, 1.165) is 22.2 Å². The summed E-state index contributed by atoms with van der Waals surface area (Å²) in [6, 6.07) is 10.1. The van der Waals surface area contributed by atoms with E-state index >= 15 is 0 Å². The lowest BCUT2D eigenvalue weighted by Crippen LogP contribution is -1.81. The van der Waals surface area contributed by atoms with Gasteiger partial charge in [-0.1, -0.05) is 24.1 Å². The van der Waals surface area contributed by atoms with Gasteiger partial charge in [-0.25, -0.2) is 4.98 Å². The molecule has 3 nitrogen and oxygen atoms in total. The topological polar surface area (TPSA) is 41.6 Å². The number of H-pyrrole nitrogens is 1. The Morgan fingerprint density at radius 3 is 1.15 bits per heavy atom. The van der Waals surface area contributed by atoms with Crippen LogP contribution in [0.1, 0.15) is 6.92 Å². The molecule has 0 saturated carbocycles. The predicted molar refractivity (Wildman–Crippen MR) is 214 cm³/mol. The highest BCUT2D eigenvalue weighted by Crippen LogP contribution is 2.25. The summed E-state index contributed by atoms with van der Waals surface area (Å²) in [4.78, 5) is 11.5. The van der Waals surface area contributed by atoms with Gasteiger partial charge in [-0.3, -0.25) is 4.98 Å². The van der Waals surface area contributed by atoms with Gasteiger partial charge in [0, 0.05) is 142 Å². The van der Waals surface area contributed by atoms with Crippen LogP contribution in [0.25, 0.3) is 22.2 Å². The highest BCUT2D eigenvalue weighted by molar-refractivity contribution is 5.91. The Morgan fingerprint density at radius 1 is 0.444 bits per heavy atom. The molecule has 54 heavy (non-hydrogen) atoms. The number of benzene rings is 1. The van der Waals surface area contributed by atoms with Gasteiger partial charge in [0.2, 0.25) is 0 Å². The van der Waals surface area contributed by atoms with E-state index in [2.05, 4.69) is 240 Å². The van der Waals surface area contributed by atoms with Crippen LogP contribution < -0.4 is 0 Å². The summed E-state index contributed by atoms with van der Waals surface area (Å²) in [5, 5.41) is 0. The van der Waals surface area contributed by atoms with Crippen molar-refractivity contribution in [3.63, 3.8) is 0 Å². The normalized spacial score (nSPS) is 5.78. The van der Waals surface area contributed by atoms with Gasteiger partial charge in [0.1, 0.15) is 0 Å². The lowest BCUT2D eigenvalue weighted by molar-refractivity contribution is 1.33. The van der Waals surface area contributed by atoms with E-state index in [-0.39, 0.29) is 0 Å². The summed E-state index contributed by atoms with van der Waals surface area (Å²) in [6.07, 6.45) is 10.3. The van der Waals surface area contributed by atoms with Crippen molar-refractivity contribution < 1.29 is 0 Å². The first-order valence-corrected chi connectivity index (χ1v) is 14.6. The number of imidazole rings is 1. The van der Waals surface area contributed by atoms with Crippen molar-refractivity contribution in [1.82, 2.24) is 15.0 Å². The van der Waals surface area contributed by atoms with E-state index in [4.69, 9.17) is 6.42 Å². The van der Waals surface area contributed by atoms with Crippen LogP contribution in [-0.4, -0.2) is 15.0 Å². The maximum atomic E-state index is 4.93. The SMILES string of the molecule is C#CC#CC#CC#CC#CC#CC#CC#CC#CC#CC#CC#CC#CC#CC#CC#CC#CC#CC#CC.c1cncc(-c2cccc3[nH]cnc23)c1. The number of rotatable bonds is 1. The lowest BCUT2D eigenvalue weighted by atomic mass is 10.1. The maximum absolute atomic E-state index is 4.93. The van der Waals surface area contributed by atoms with Crippen LogP contribution in [0.4, 0.5) is 0 Å². The molecule has 0 radical (unpaired) electrons. The minimum atomic E-state index is 0.991. The largest absolute Gasteiger partial charge is 0.345 e. The van der Waals surface area contributed by atoms with E-state index in [1.807, 2.05) is 30.5 Å². The molecular weight excluding hydrogens is 655 g/mol. The van der Waals surface area contributed by atoms with Crippen LogP contribution >= 0.6 is 0 Å². The summed E-state index contributed by atoms with van der Waals surface area (Å²) in [7, 11) is 0. The zero-order chi connectivity index (χ0) is 38.3. The van der Waals surface area contributed by atoms with Gasteiger partial charge < -0.3 is 4.98 Å². The van der Waals surface area contributed by atoms with E-state index in [0.29, 0.717) is 0 Å². The van der Waals surface area contributed by atoms with Crippen molar-refractivity contribution in [2.24, 2.45) is 0 Å². The summed E-state index contributed by atoms with van der Waals surface area (Å²) >= 11 is 0. The molecule has 3 aromatic rings. The molecule has 1 aromatic carbocycles. The Hall–Kier alpha value is -10.5.